The number of aryl methyl sites for hydroxylation is 1. The molecular formula is C12H11ClN2O2S. The highest BCUT2D eigenvalue weighted by Gasteiger charge is 2.19. The van der Waals surface area contributed by atoms with Crippen LogP contribution in [-0.4, -0.2) is 21.0 Å². The van der Waals surface area contributed by atoms with Crippen LogP contribution in [0.1, 0.15) is 28.7 Å². The van der Waals surface area contributed by atoms with Gasteiger partial charge in [0, 0.05) is 6.20 Å². The maximum atomic E-state index is 11.1. The normalized spacial score (nSPS) is 10.6. The van der Waals surface area contributed by atoms with Crippen LogP contribution in [0, 0.1) is 0 Å². The summed E-state index contributed by atoms with van der Waals surface area (Å²) >= 11 is 7.15. The monoisotopic (exact) mass is 282 g/mol. The van der Waals surface area contributed by atoms with Gasteiger partial charge >= 0.3 is 5.97 Å². The van der Waals surface area contributed by atoms with Gasteiger partial charge in [0.1, 0.15) is 15.6 Å². The number of aromatic nitrogens is 2. The van der Waals surface area contributed by atoms with Crippen molar-refractivity contribution >= 4 is 28.9 Å². The van der Waals surface area contributed by atoms with Crippen LogP contribution in [0.15, 0.2) is 18.3 Å². The van der Waals surface area contributed by atoms with Crippen LogP contribution < -0.4 is 0 Å². The number of carboxylic acid groups (broad SMARTS) is 1. The molecule has 0 bridgehead atoms. The van der Waals surface area contributed by atoms with E-state index in [2.05, 4.69) is 9.97 Å². The van der Waals surface area contributed by atoms with Gasteiger partial charge in [-0.1, -0.05) is 24.9 Å². The van der Waals surface area contributed by atoms with E-state index < -0.39 is 5.97 Å². The van der Waals surface area contributed by atoms with Gasteiger partial charge < -0.3 is 5.11 Å². The first-order valence-electron chi connectivity index (χ1n) is 5.47. The maximum absolute atomic E-state index is 11.1. The second-order valence-corrected chi connectivity index (χ2v) is 5.09. The van der Waals surface area contributed by atoms with E-state index in [1.54, 1.807) is 18.3 Å². The molecule has 94 valence electrons. The van der Waals surface area contributed by atoms with Crippen LogP contribution in [0.3, 0.4) is 0 Å². The van der Waals surface area contributed by atoms with Crippen molar-refractivity contribution in [3.8, 4) is 10.7 Å². The van der Waals surface area contributed by atoms with Crippen LogP contribution in [0.25, 0.3) is 10.7 Å². The van der Waals surface area contributed by atoms with Crippen molar-refractivity contribution in [3.05, 3.63) is 33.9 Å². The van der Waals surface area contributed by atoms with Gasteiger partial charge in [0.25, 0.3) is 0 Å². The van der Waals surface area contributed by atoms with Crippen LogP contribution in [0.4, 0.5) is 0 Å². The molecule has 0 atom stereocenters. The second-order valence-electron chi connectivity index (χ2n) is 3.68. The summed E-state index contributed by atoms with van der Waals surface area (Å²) in [7, 11) is 0. The Morgan fingerprint density at radius 1 is 1.56 bits per heavy atom. The molecule has 0 unspecified atom stereocenters. The van der Waals surface area contributed by atoms with Gasteiger partial charge in [0.15, 0.2) is 0 Å². The summed E-state index contributed by atoms with van der Waals surface area (Å²) in [6, 6.07) is 3.44. The molecule has 0 amide bonds. The van der Waals surface area contributed by atoms with Crippen LogP contribution in [0.5, 0.6) is 0 Å². The Morgan fingerprint density at radius 3 is 2.94 bits per heavy atom. The van der Waals surface area contributed by atoms with Gasteiger partial charge in [-0.05, 0) is 18.6 Å². The smallest absolute Gasteiger partial charge is 0.347 e. The van der Waals surface area contributed by atoms with Gasteiger partial charge in [-0.15, -0.1) is 11.3 Å². The molecule has 18 heavy (non-hydrogen) atoms. The third kappa shape index (κ3) is 2.52. The SMILES string of the molecule is CCCc1nc(-c2ncccc2Cl)sc1C(=O)O. The van der Waals surface area contributed by atoms with Crippen molar-refractivity contribution in [2.75, 3.05) is 0 Å². The quantitative estimate of drug-likeness (QED) is 0.932. The molecule has 0 aliphatic rings. The fourth-order valence-electron chi connectivity index (χ4n) is 1.57. The van der Waals surface area contributed by atoms with E-state index in [0.717, 1.165) is 17.8 Å². The largest absolute Gasteiger partial charge is 0.477 e. The number of aromatic carboxylic acids is 1. The fraction of sp³-hybridized carbons (Fsp3) is 0.250. The number of hydrogen-bond acceptors (Lipinski definition) is 4. The number of nitrogens with zero attached hydrogens (tertiary/aromatic N) is 2. The molecule has 0 spiro atoms. The summed E-state index contributed by atoms with van der Waals surface area (Å²) in [5, 5.41) is 10.2. The summed E-state index contributed by atoms with van der Waals surface area (Å²) in [6.07, 6.45) is 3.10. The zero-order valence-electron chi connectivity index (χ0n) is 9.68. The van der Waals surface area contributed by atoms with Gasteiger partial charge in [-0.25, -0.2) is 9.78 Å². The highest BCUT2D eigenvalue weighted by Crippen LogP contribution is 2.31. The molecule has 2 aromatic heterocycles. The lowest BCUT2D eigenvalue weighted by Gasteiger charge is -1.97. The van der Waals surface area contributed by atoms with Gasteiger partial charge in [0.2, 0.25) is 0 Å². The first-order chi connectivity index (χ1) is 8.63. The molecule has 2 heterocycles. The van der Waals surface area contributed by atoms with Crippen LogP contribution in [-0.2, 0) is 6.42 Å². The Labute approximate surface area is 113 Å². The van der Waals surface area contributed by atoms with Crippen molar-refractivity contribution in [2.24, 2.45) is 0 Å². The summed E-state index contributed by atoms with van der Waals surface area (Å²) in [5.74, 6) is -0.950. The predicted molar refractivity (Wildman–Crippen MR) is 71.3 cm³/mol. The van der Waals surface area contributed by atoms with Crippen molar-refractivity contribution in [1.29, 1.82) is 0 Å². The topological polar surface area (TPSA) is 63.1 Å². The molecule has 0 radical (unpaired) electrons. The van der Waals surface area contributed by atoms with Gasteiger partial charge in [-0.2, -0.15) is 0 Å². The molecule has 0 aromatic carbocycles. The summed E-state index contributed by atoms with van der Waals surface area (Å²) < 4.78 is 0. The average molecular weight is 283 g/mol. The van der Waals surface area contributed by atoms with Crippen molar-refractivity contribution in [2.45, 2.75) is 19.8 Å². The third-order valence-electron chi connectivity index (χ3n) is 2.34. The molecule has 4 nitrogen and oxygen atoms in total. The van der Waals surface area contributed by atoms with E-state index in [-0.39, 0.29) is 4.88 Å². The molecule has 2 aromatic rings. The first kappa shape index (κ1) is 13.0. The summed E-state index contributed by atoms with van der Waals surface area (Å²) in [6.45, 7) is 1.98. The lowest BCUT2D eigenvalue weighted by Crippen LogP contribution is -1.98. The Hall–Kier alpha value is -1.46. The molecule has 2 rings (SSSR count). The van der Waals surface area contributed by atoms with Crippen molar-refractivity contribution < 1.29 is 9.90 Å². The molecule has 1 N–H and O–H groups in total. The molecule has 0 fully saturated rings. The summed E-state index contributed by atoms with van der Waals surface area (Å²) in [5.41, 5.74) is 1.14. The lowest BCUT2D eigenvalue weighted by atomic mass is 10.2. The molecule has 0 aliphatic heterocycles. The van der Waals surface area contributed by atoms with E-state index in [0.29, 0.717) is 27.8 Å². The highest BCUT2D eigenvalue weighted by atomic mass is 35.5. The Morgan fingerprint density at radius 2 is 2.33 bits per heavy atom. The number of hydrogen-bond donors (Lipinski definition) is 1. The number of thiazole rings is 1. The number of carboxylic acids is 1. The Bertz CT molecular complexity index is 583. The molecule has 6 heteroatoms. The van der Waals surface area contributed by atoms with E-state index in [1.165, 1.54) is 0 Å². The number of pyridine rings is 1. The zero-order valence-corrected chi connectivity index (χ0v) is 11.3. The molecular weight excluding hydrogens is 272 g/mol. The van der Waals surface area contributed by atoms with Crippen LogP contribution in [0.2, 0.25) is 5.02 Å². The summed E-state index contributed by atoms with van der Waals surface area (Å²) in [4.78, 5) is 19.9. The minimum Gasteiger partial charge on any atom is -0.477 e. The minimum absolute atomic E-state index is 0.272. The fourth-order valence-corrected chi connectivity index (χ4v) is 2.80. The van der Waals surface area contributed by atoms with E-state index in [4.69, 9.17) is 16.7 Å². The first-order valence-corrected chi connectivity index (χ1v) is 6.66. The molecule has 0 aliphatic carbocycles. The van der Waals surface area contributed by atoms with Gasteiger partial charge in [-0.3, -0.25) is 4.98 Å². The second kappa shape index (κ2) is 5.46. The molecule has 0 saturated carbocycles. The highest BCUT2D eigenvalue weighted by molar-refractivity contribution is 7.17. The van der Waals surface area contributed by atoms with E-state index in [9.17, 15) is 4.79 Å². The molecule has 0 saturated heterocycles. The minimum atomic E-state index is -0.950. The number of carbonyl (C=O) groups is 1. The Balaban J connectivity index is 2.50. The van der Waals surface area contributed by atoms with Crippen LogP contribution >= 0.6 is 22.9 Å². The predicted octanol–water partition coefficient (Wildman–Crippen LogP) is 3.51. The zero-order chi connectivity index (χ0) is 13.1. The Kier molecular flexibility index (Phi) is 3.93. The van der Waals surface area contributed by atoms with Crippen molar-refractivity contribution in [1.82, 2.24) is 9.97 Å². The third-order valence-corrected chi connectivity index (χ3v) is 3.74. The van der Waals surface area contributed by atoms with Crippen molar-refractivity contribution in [3.63, 3.8) is 0 Å². The number of halogens is 1. The lowest BCUT2D eigenvalue weighted by molar-refractivity contribution is 0.0700. The number of rotatable bonds is 4. The van der Waals surface area contributed by atoms with Gasteiger partial charge in [0.05, 0.1) is 10.7 Å². The standard InChI is InChI=1S/C12H11ClN2O2S/c1-2-4-8-10(12(16)17)18-11(15-8)9-7(13)5-3-6-14-9/h3,5-6H,2,4H2,1H3,(H,16,17). The van der Waals surface area contributed by atoms with E-state index >= 15 is 0 Å². The maximum Gasteiger partial charge on any atom is 0.347 e. The van der Waals surface area contributed by atoms with E-state index in [1.807, 2.05) is 6.92 Å². The average Bonchev–Trinajstić information content (AvgIpc) is 2.74.